The van der Waals surface area contributed by atoms with Crippen molar-refractivity contribution in [1.82, 2.24) is 19.6 Å². The van der Waals surface area contributed by atoms with Gasteiger partial charge in [-0.1, -0.05) is 19.1 Å². The van der Waals surface area contributed by atoms with Crippen molar-refractivity contribution in [2.45, 2.75) is 19.2 Å². The average Bonchev–Trinajstić information content (AvgIpc) is 2.94. The molecule has 120 valence electrons. The number of hydrogen-bond donors (Lipinski definition) is 1. The Morgan fingerprint density at radius 1 is 1.22 bits per heavy atom. The number of halogens is 3. The molecule has 0 saturated heterocycles. The van der Waals surface area contributed by atoms with Crippen LogP contribution in [0.1, 0.15) is 24.2 Å². The van der Waals surface area contributed by atoms with Gasteiger partial charge in [0.15, 0.2) is 5.65 Å². The topological polar surface area (TPSA) is 78.3 Å². The number of alkyl halides is 3. The van der Waals surface area contributed by atoms with Crippen LogP contribution in [0.4, 0.5) is 19.1 Å². The molecule has 0 saturated carbocycles. The predicted octanol–water partition coefficient (Wildman–Crippen LogP) is 2.76. The number of nitrogen functional groups attached to an aromatic ring is 1. The minimum absolute atomic E-state index is 0.157. The molecule has 0 bridgehead atoms. The number of nitrogens with two attached hydrogens (primary N) is 1. The molecule has 1 atom stereocenters. The maximum Gasteiger partial charge on any atom is 0.573 e. The Balaban J connectivity index is 1.95. The first-order valence-corrected chi connectivity index (χ1v) is 6.66. The zero-order valence-corrected chi connectivity index (χ0v) is 11.9. The summed E-state index contributed by atoms with van der Waals surface area (Å²) in [5.41, 5.74) is 6.90. The van der Waals surface area contributed by atoms with E-state index in [-0.39, 0.29) is 17.6 Å². The Morgan fingerprint density at radius 3 is 2.74 bits per heavy atom. The fourth-order valence-corrected chi connectivity index (χ4v) is 2.19. The smallest absolute Gasteiger partial charge is 0.406 e. The van der Waals surface area contributed by atoms with Crippen LogP contribution in [-0.2, 0) is 0 Å². The molecule has 0 aliphatic rings. The summed E-state index contributed by atoms with van der Waals surface area (Å²) in [6.07, 6.45) is -3.20. The molecule has 1 aromatic carbocycles. The summed E-state index contributed by atoms with van der Waals surface area (Å²) in [7, 11) is 0. The summed E-state index contributed by atoms with van der Waals surface area (Å²) >= 11 is 0. The lowest BCUT2D eigenvalue weighted by Crippen LogP contribution is -2.17. The third kappa shape index (κ3) is 3.17. The van der Waals surface area contributed by atoms with Gasteiger partial charge in [-0.05, 0) is 17.7 Å². The van der Waals surface area contributed by atoms with E-state index >= 15 is 0 Å². The molecule has 2 heterocycles. The van der Waals surface area contributed by atoms with Gasteiger partial charge in [-0.25, -0.2) is 4.98 Å². The molecule has 9 heteroatoms. The molecule has 2 N–H and O–H groups in total. The molecule has 0 amide bonds. The van der Waals surface area contributed by atoms with Gasteiger partial charge in [0.25, 0.3) is 0 Å². The number of benzene rings is 1. The molecule has 3 rings (SSSR count). The second-order valence-corrected chi connectivity index (χ2v) is 4.88. The SMILES string of the molecule is C[C@@H](c1cccc(OC(F)(F)F)c1)c1nc(N)n2nccc2n1. The van der Waals surface area contributed by atoms with E-state index in [1.807, 2.05) is 0 Å². The minimum Gasteiger partial charge on any atom is -0.406 e. The number of nitrogens with zero attached hydrogens (tertiary/aromatic N) is 4. The van der Waals surface area contributed by atoms with Gasteiger partial charge in [-0.3, -0.25) is 0 Å². The highest BCUT2D eigenvalue weighted by Gasteiger charge is 2.31. The van der Waals surface area contributed by atoms with Crippen molar-refractivity contribution in [2.75, 3.05) is 5.73 Å². The molecule has 0 radical (unpaired) electrons. The van der Waals surface area contributed by atoms with E-state index in [0.29, 0.717) is 17.0 Å². The summed E-state index contributed by atoms with van der Waals surface area (Å²) in [5, 5.41) is 3.97. The summed E-state index contributed by atoms with van der Waals surface area (Å²) in [4.78, 5) is 8.48. The van der Waals surface area contributed by atoms with Gasteiger partial charge in [-0.2, -0.15) is 14.6 Å². The fourth-order valence-electron chi connectivity index (χ4n) is 2.19. The van der Waals surface area contributed by atoms with Gasteiger partial charge >= 0.3 is 6.36 Å². The quantitative estimate of drug-likeness (QED) is 0.802. The fraction of sp³-hybridized carbons (Fsp3) is 0.214. The maximum absolute atomic E-state index is 12.3. The number of aromatic nitrogens is 4. The van der Waals surface area contributed by atoms with Crippen molar-refractivity contribution >= 4 is 11.6 Å². The third-order valence-corrected chi connectivity index (χ3v) is 3.28. The molecular weight excluding hydrogens is 311 g/mol. The van der Waals surface area contributed by atoms with Crippen LogP contribution in [0.3, 0.4) is 0 Å². The molecule has 0 spiro atoms. The van der Waals surface area contributed by atoms with Crippen molar-refractivity contribution in [3.63, 3.8) is 0 Å². The molecule has 0 aliphatic carbocycles. The van der Waals surface area contributed by atoms with Crippen molar-refractivity contribution in [1.29, 1.82) is 0 Å². The van der Waals surface area contributed by atoms with Crippen LogP contribution in [0.25, 0.3) is 5.65 Å². The van der Waals surface area contributed by atoms with Crippen LogP contribution >= 0.6 is 0 Å². The predicted molar refractivity (Wildman–Crippen MR) is 75.8 cm³/mol. The molecule has 2 aromatic heterocycles. The first kappa shape index (κ1) is 15.1. The molecule has 0 fully saturated rings. The standard InChI is InChI=1S/C14H12F3N5O/c1-8(9-3-2-4-10(7-9)23-14(15,16)17)12-20-11-5-6-19-22(11)13(18)21-12/h2-8H,1H3,(H2,18,20,21)/t8-/m0/s1. The molecule has 0 unspecified atom stereocenters. The highest BCUT2D eigenvalue weighted by molar-refractivity contribution is 5.43. The monoisotopic (exact) mass is 323 g/mol. The lowest BCUT2D eigenvalue weighted by atomic mass is 10.0. The molecular formula is C14H12F3N5O. The zero-order chi connectivity index (χ0) is 16.6. The van der Waals surface area contributed by atoms with E-state index in [1.54, 1.807) is 19.1 Å². The van der Waals surface area contributed by atoms with E-state index in [4.69, 9.17) is 5.73 Å². The third-order valence-electron chi connectivity index (χ3n) is 3.28. The Morgan fingerprint density at radius 2 is 2.00 bits per heavy atom. The Hall–Kier alpha value is -2.84. The number of rotatable bonds is 3. The second kappa shape index (κ2) is 5.41. The number of hydrogen-bond acceptors (Lipinski definition) is 5. The summed E-state index contributed by atoms with van der Waals surface area (Å²) in [5.74, 6) is -0.113. The first-order valence-electron chi connectivity index (χ1n) is 6.66. The lowest BCUT2D eigenvalue weighted by Gasteiger charge is -2.14. The second-order valence-electron chi connectivity index (χ2n) is 4.88. The molecule has 6 nitrogen and oxygen atoms in total. The van der Waals surface area contributed by atoms with Crippen LogP contribution in [0.2, 0.25) is 0 Å². The van der Waals surface area contributed by atoms with Crippen molar-refractivity contribution in [3.05, 3.63) is 47.9 Å². The van der Waals surface area contributed by atoms with Gasteiger partial charge < -0.3 is 10.5 Å². The molecule has 23 heavy (non-hydrogen) atoms. The van der Waals surface area contributed by atoms with Crippen LogP contribution < -0.4 is 10.5 Å². The number of ether oxygens (including phenoxy) is 1. The van der Waals surface area contributed by atoms with Crippen molar-refractivity contribution in [3.8, 4) is 5.75 Å². The summed E-state index contributed by atoms with van der Waals surface area (Å²) in [6.45, 7) is 1.77. The average molecular weight is 323 g/mol. The summed E-state index contributed by atoms with van der Waals surface area (Å²) < 4.78 is 42.3. The highest BCUT2D eigenvalue weighted by atomic mass is 19.4. The van der Waals surface area contributed by atoms with E-state index in [9.17, 15) is 13.2 Å². The molecule has 3 aromatic rings. The van der Waals surface area contributed by atoms with Gasteiger partial charge in [0.05, 0.1) is 6.20 Å². The maximum atomic E-state index is 12.3. The lowest BCUT2D eigenvalue weighted by molar-refractivity contribution is -0.274. The Labute approximate surface area is 128 Å². The van der Waals surface area contributed by atoms with E-state index in [0.717, 1.165) is 0 Å². The van der Waals surface area contributed by atoms with Crippen LogP contribution in [-0.4, -0.2) is 25.9 Å². The van der Waals surface area contributed by atoms with Crippen LogP contribution in [0.5, 0.6) is 5.75 Å². The zero-order valence-electron chi connectivity index (χ0n) is 11.9. The van der Waals surface area contributed by atoms with Gasteiger partial charge in [-0.15, -0.1) is 13.2 Å². The number of fused-ring (bicyclic) bond motifs is 1. The normalized spacial score (nSPS) is 13.2. The molecule has 0 aliphatic heterocycles. The summed E-state index contributed by atoms with van der Waals surface area (Å²) in [6, 6.07) is 7.36. The Bertz CT molecular complexity index is 846. The minimum atomic E-state index is -4.74. The first-order chi connectivity index (χ1) is 10.8. The van der Waals surface area contributed by atoms with Gasteiger partial charge in [0.2, 0.25) is 5.95 Å². The Kier molecular flexibility index (Phi) is 3.55. The van der Waals surface area contributed by atoms with Gasteiger partial charge in [0, 0.05) is 12.0 Å². The van der Waals surface area contributed by atoms with Crippen molar-refractivity contribution < 1.29 is 17.9 Å². The van der Waals surface area contributed by atoms with Gasteiger partial charge in [0.1, 0.15) is 11.6 Å². The largest absolute Gasteiger partial charge is 0.573 e. The highest BCUT2D eigenvalue weighted by Crippen LogP contribution is 2.28. The van der Waals surface area contributed by atoms with E-state index in [1.165, 1.54) is 28.9 Å². The van der Waals surface area contributed by atoms with E-state index in [2.05, 4.69) is 19.8 Å². The van der Waals surface area contributed by atoms with E-state index < -0.39 is 6.36 Å². The number of anilines is 1. The van der Waals surface area contributed by atoms with Crippen LogP contribution in [0, 0.1) is 0 Å². The van der Waals surface area contributed by atoms with Crippen LogP contribution in [0.15, 0.2) is 36.5 Å². The van der Waals surface area contributed by atoms with Crippen molar-refractivity contribution in [2.24, 2.45) is 0 Å².